The Kier molecular flexibility index (Phi) is 3.15. The minimum absolute atomic E-state index is 0.913. The first kappa shape index (κ1) is 11.0. The van der Waals surface area contributed by atoms with Gasteiger partial charge in [-0.15, -0.1) is 0 Å². The van der Waals surface area contributed by atoms with Crippen LogP contribution in [0.25, 0.3) is 10.9 Å². The second kappa shape index (κ2) is 4.58. The molecular formula is C13H18N2O. The standard InChI is InChI=1S/C13H18N2O/c1-9-4-5-12(16-3)13-11(9)8-10(15-13)6-7-14-2/h4-5,8,14-15H,6-7H2,1-3H3. The molecule has 1 heterocycles. The van der Waals surface area contributed by atoms with Gasteiger partial charge in [0.05, 0.1) is 12.6 Å². The number of aromatic amines is 1. The summed E-state index contributed by atoms with van der Waals surface area (Å²) >= 11 is 0. The summed E-state index contributed by atoms with van der Waals surface area (Å²) in [5, 5.41) is 4.41. The maximum Gasteiger partial charge on any atom is 0.142 e. The van der Waals surface area contributed by atoms with Gasteiger partial charge in [-0.25, -0.2) is 0 Å². The average molecular weight is 218 g/mol. The third-order valence-corrected chi connectivity index (χ3v) is 2.89. The van der Waals surface area contributed by atoms with Crippen LogP contribution < -0.4 is 10.1 Å². The number of fused-ring (bicyclic) bond motifs is 1. The maximum absolute atomic E-state index is 5.35. The Morgan fingerprint density at radius 1 is 1.38 bits per heavy atom. The van der Waals surface area contributed by atoms with Crippen molar-refractivity contribution >= 4 is 10.9 Å². The number of aryl methyl sites for hydroxylation is 1. The topological polar surface area (TPSA) is 37.0 Å². The van der Waals surface area contributed by atoms with E-state index >= 15 is 0 Å². The smallest absolute Gasteiger partial charge is 0.142 e. The van der Waals surface area contributed by atoms with Gasteiger partial charge < -0.3 is 15.0 Å². The number of H-pyrrole nitrogens is 1. The summed E-state index contributed by atoms with van der Waals surface area (Å²) < 4.78 is 5.35. The molecule has 16 heavy (non-hydrogen) atoms. The molecule has 0 atom stereocenters. The highest BCUT2D eigenvalue weighted by Gasteiger charge is 2.07. The first-order valence-electron chi connectivity index (χ1n) is 5.56. The molecule has 0 saturated heterocycles. The summed E-state index contributed by atoms with van der Waals surface area (Å²) in [5.74, 6) is 0.913. The zero-order chi connectivity index (χ0) is 11.5. The van der Waals surface area contributed by atoms with Gasteiger partial charge in [0.2, 0.25) is 0 Å². The van der Waals surface area contributed by atoms with E-state index in [1.165, 1.54) is 16.6 Å². The minimum atomic E-state index is 0.913. The Morgan fingerprint density at radius 3 is 2.88 bits per heavy atom. The first-order valence-corrected chi connectivity index (χ1v) is 5.56. The summed E-state index contributed by atoms with van der Waals surface area (Å²) in [5.41, 5.74) is 3.63. The van der Waals surface area contributed by atoms with Crippen LogP contribution >= 0.6 is 0 Å². The van der Waals surface area contributed by atoms with Crippen molar-refractivity contribution in [3.05, 3.63) is 29.5 Å². The summed E-state index contributed by atoms with van der Waals surface area (Å²) in [6, 6.07) is 6.32. The highest BCUT2D eigenvalue weighted by atomic mass is 16.5. The summed E-state index contributed by atoms with van der Waals surface area (Å²) in [6.07, 6.45) is 1.01. The van der Waals surface area contributed by atoms with Crippen LogP contribution in [0.4, 0.5) is 0 Å². The quantitative estimate of drug-likeness (QED) is 0.826. The Bertz CT molecular complexity index is 488. The molecule has 0 saturated carbocycles. The van der Waals surface area contributed by atoms with Gasteiger partial charge in [0, 0.05) is 17.6 Å². The molecule has 0 radical (unpaired) electrons. The molecule has 0 aliphatic rings. The third-order valence-electron chi connectivity index (χ3n) is 2.89. The fraction of sp³-hybridized carbons (Fsp3) is 0.385. The van der Waals surface area contributed by atoms with Crippen LogP contribution in [-0.2, 0) is 6.42 Å². The molecule has 2 N–H and O–H groups in total. The summed E-state index contributed by atoms with van der Waals surface area (Å²) in [7, 11) is 3.67. The van der Waals surface area contributed by atoms with E-state index in [2.05, 4.69) is 29.4 Å². The van der Waals surface area contributed by atoms with Gasteiger partial charge in [-0.1, -0.05) is 6.07 Å². The van der Waals surface area contributed by atoms with Gasteiger partial charge in [0.25, 0.3) is 0 Å². The highest BCUT2D eigenvalue weighted by Crippen LogP contribution is 2.28. The average Bonchev–Trinajstić information content (AvgIpc) is 2.72. The van der Waals surface area contributed by atoms with E-state index in [9.17, 15) is 0 Å². The zero-order valence-electron chi connectivity index (χ0n) is 10.1. The van der Waals surface area contributed by atoms with Crippen LogP contribution in [0.5, 0.6) is 5.75 Å². The Morgan fingerprint density at radius 2 is 2.19 bits per heavy atom. The van der Waals surface area contributed by atoms with Crippen LogP contribution in [0.3, 0.4) is 0 Å². The van der Waals surface area contributed by atoms with Crippen LogP contribution in [0.2, 0.25) is 0 Å². The number of ether oxygens (including phenoxy) is 1. The van der Waals surface area contributed by atoms with Gasteiger partial charge in [-0.2, -0.15) is 0 Å². The number of likely N-dealkylation sites (N-methyl/N-ethyl adjacent to an activating group) is 1. The Balaban J connectivity index is 2.46. The number of benzene rings is 1. The van der Waals surface area contributed by atoms with E-state index in [1.54, 1.807) is 7.11 Å². The van der Waals surface area contributed by atoms with Crippen LogP contribution in [-0.4, -0.2) is 25.7 Å². The largest absolute Gasteiger partial charge is 0.495 e. The predicted octanol–water partition coefficient (Wildman–Crippen LogP) is 2.25. The lowest BCUT2D eigenvalue weighted by Gasteiger charge is -2.02. The van der Waals surface area contributed by atoms with Crippen molar-refractivity contribution in [3.63, 3.8) is 0 Å². The molecule has 0 fully saturated rings. The lowest BCUT2D eigenvalue weighted by molar-refractivity contribution is 0.419. The van der Waals surface area contributed by atoms with Crippen molar-refractivity contribution in [2.45, 2.75) is 13.3 Å². The van der Waals surface area contributed by atoms with Crippen molar-refractivity contribution in [1.82, 2.24) is 10.3 Å². The van der Waals surface area contributed by atoms with E-state index in [1.807, 2.05) is 13.1 Å². The maximum atomic E-state index is 5.35. The molecule has 1 aromatic heterocycles. The second-order valence-corrected chi connectivity index (χ2v) is 4.02. The van der Waals surface area contributed by atoms with E-state index in [4.69, 9.17) is 4.74 Å². The van der Waals surface area contributed by atoms with Crippen molar-refractivity contribution in [1.29, 1.82) is 0 Å². The minimum Gasteiger partial charge on any atom is -0.495 e. The molecule has 86 valence electrons. The second-order valence-electron chi connectivity index (χ2n) is 4.02. The van der Waals surface area contributed by atoms with Crippen molar-refractivity contribution in [2.75, 3.05) is 20.7 Å². The third kappa shape index (κ3) is 1.91. The van der Waals surface area contributed by atoms with Crippen LogP contribution in [0, 0.1) is 6.92 Å². The Hall–Kier alpha value is -1.48. The molecule has 0 aliphatic carbocycles. The lowest BCUT2D eigenvalue weighted by Crippen LogP contribution is -2.10. The molecule has 0 amide bonds. The van der Waals surface area contributed by atoms with Crippen molar-refractivity contribution in [3.8, 4) is 5.75 Å². The van der Waals surface area contributed by atoms with E-state index in [-0.39, 0.29) is 0 Å². The summed E-state index contributed by atoms with van der Waals surface area (Å²) in [6.45, 7) is 3.10. The van der Waals surface area contributed by atoms with Gasteiger partial charge in [-0.05, 0) is 38.1 Å². The zero-order valence-corrected chi connectivity index (χ0v) is 10.1. The molecule has 0 unspecified atom stereocenters. The molecular weight excluding hydrogens is 200 g/mol. The van der Waals surface area contributed by atoms with Crippen LogP contribution in [0.15, 0.2) is 18.2 Å². The van der Waals surface area contributed by atoms with Crippen molar-refractivity contribution < 1.29 is 4.74 Å². The fourth-order valence-electron chi connectivity index (χ4n) is 1.95. The normalized spacial score (nSPS) is 10.9. The van der Waals surface area contributed by atoms with Gasteiger partial charge >= 0.3 is 0 Å². The number of hydrogen-bond donors (Lipinski definition) is 2. The molecule has 0 spiro atoms. The lowest BCUT2D eigenvalue weighted by atomic mass is 10.1. The molecule has 0 aliphatic heterocycles. The number of aromatic nitrogens is 1. The molecule has 3 nitrogen and oxygen atoms in total. The molecule has 2 aromatic rings. The van der Waals surface area contributed by atoms with Crippen molar-refractivity contribution in [2.24, 2.45) is 0 Å². The molecule has 2 rings (SSSR count). The monoisotopic (exact) mass is 218 g/mol. The Labute approximate surface area is 95.8 Å². The number of methoxy groups -OCH3 is 1. The molecule has 0 bridgehead atoms. The van der Waals surface area contributed by atoms with Gasteiger partial charge in [0.15, 0.2) is 0 Å². The van der Waals surface area contributed by atoms with Gasteiger partial charge in [-0.3, -0.25) is 0 Å². The predicted molar refractivity (Wildman–Crippen MR) is 67.2 cm³/mol. The molecule has 1 aromatic carbocycles. The SMILES string of the molecule is CNCCc1cc2c(C)ccc(OC)c2[nH]1. The van der Waals surface area contributed by atoms with Crippen LogP contribution in [0.1, 0.15) is 11.3 Å². The number of rotatable bonds is 4. The number of hydrogen-bond acceptors (Lipinski definition) is 2. The van der Waals surface area contributed by atoms with E-state index in [0.717, 1.165) is 24.2 Å². The fourth-order valence-corrected chi connectivity index (χ4v) is 1.95. The van der Waals surface area contributed by atoms with Gasteiger partial charge in [0.1, 0.15) is 5.75 Å². The number of nitrogens with one attached hydrogen (secondary N) is 2. The van der Waals surface area contributed by atoms with E-state index < -0.39 is 0 Å². The molecule has 3 heteroatoms. The highest BCUT2D eigenvalue weighted by molar-refractivity contribution is 5.89. The first-order chi connectivity index (χ1) is 7.76. The summed E-state index contributed by atoms with van der Waals surface area (Å²) in [4.78, 5) is 3.43. The van der Waals surface area contributed by atoms with E-state index in [0.29, 0.717) is 0 Å².